The number of pyridine rings is 1. The second kappa shape index (κ2) is 8.58. The summed E-state index contributed by atoms with van der Waals surface area (Å²) in [6, 6.07) is 13.5. The van der Waals surface area contributed by atoms with Crippen LogP contribution in [-0.2, 0) is 6.42 Å². The number of carbonyl (C=O) groups is 1. The highest BCUT2D eigenvalue weighted by molar-refractivity contribution is 7.13. The Kier molecular flexibility index (Phi) is 5.96. The van der Waals surface area contributed by atoms with Crippen LogP contribution in [0.15, 0.2) is 54.0 Å². The molecule has 0 radical (unpaired) electrons. The fourth-order valence-electron chi connectivity index (χ4n) is 2.40. The number of hydrogen-bond acceptors (Lipinski definition) is 5. The Morgan fingerprint density at radius 2 is 2.00 bits per heavy atom. The van der Waals surface area contributed by atoms with Crippen LogP contribution in [0.4, 0.5) is 0 Å². The first-order valence-corrected chi connectivity index (χ1v) is 9.40. The fourth-order valence-corrected chi connectivity index (χ4v) is 3.21. The lowest BCUT2D eigenvalue weighted by Crippen LogP contribution is -2.26. The molecule has 3 rings (SSSR count). The van der Waals surface area contributed by atoms with Gasteiger partial charge in [-0.3, -0.25) is 9.78 Å². The van der Waals surface area contributed by atoms with E-state index in [1.54, 1.807) is 11.6 Å². The van der Waals surface area contributed by atoms with E-state index >= 15 is 0 Å². The van der Waals surface area contributed by atoms with Crippen molar-refractivity contribution in [2.45, 2.75) is 26.4 Å². The molecule has 5 nitrogen and oxygen atoms in total. The van der Waals surface area contributed by atoms with Crippen molar-refractivity contribution in [1.29, 1.82) is 0 Å². The minimum absolute atomic E-state index is 0.141. The average molecular weight is 367 g/mol. The number of aromatic nitrogens is 2. The quantitative estimate of drug-likeness (QED) is 0.686. The van der Waals surface area contributed by atoms with Gasteiger partial charge in [-0.25, -0.2) is 4.98 Å². The van der Waals surface area contributed by atoms with Gasteiger partial charge >= 0.3 is 0 Å². The average Bonchev–Trinajstić information content (AvgIpc) is 3.13. The van der Waals surface area contributed by atoms with E-state index in [-0.39, 0.29) is 12.0 Å². The molecule has 0 saturated heterocycles. The van der Waals surface area contributed by atoms with E-state index in [1.165, 1.54) is 11.3 Å². The number of nitrogens with one attached hydrogen (secondary N) is 1. The summed E-state index contributed by atoms with van der Waals surface area (Å²) in [5.74, 6) is 0.663. The van der Waals surface area contributed by atoms with Gasteiger partial charge in [-0.15, -0.1) is 11.3 Å². The highest BCUT2D eigenvalue weighted by Gasteiger charge is 2.12. The first kappa shape index (κ1) is 18.1. The summed E-state index contributed by atoms with van der Waals surface area (Å²) in [7, 11) is 0. The van der Waals surface area contributed by atoms with Crippen molar-refractivity contribution in [3.05, 3.63) is 65.4 Å². The second-order valence-corrected chi connectivity index (χ2v) is 6.91. The highest BCUT2D eigenvalue weighted by Crippen LogP contribution is 2.26. The number of thiazole rings is 1. The van der Waals surface area contributed by atoms with Gasteiger partial charge in [0, 0.05) is 35.8 Å². The number of amides is 1. The van der Waals surface area contributed by atoms with Gasteiger partial charge in [-0.05, 0) is 50.2 Å². The van der Waals surface area contributed by atoms with Crippen LogP contribution in [-0.4, -0.2) is 28.5 Å². The van der Waals surface area contributed by atoms with Crippen molar-refractivity contribution < 1.29 is 9.53 Å². The van der Waals surface area contributed by atoms with Gasteiger partial charge in [0.15, 0.2) is 0 Å². The third kappa shape index (κ3) is 4.89. The molecular weight excluding hydrogens is 346 g/mol. The summed E-state index contributed by atoms with van der Waals surface area (Å²) in [6.45, 7) is 4.52. The first-order chi connectivity index (χ1) is 12.6. The van der Waals surface area contributed by atoms with Crippen LogP contribution in [0.3, 0.4) is 0 Å². The van der Waals surface area contributed by atoms with Crippen molar-refractivity contribution in [2.24, 2.45) is 0 Å². The number of hydrogen-bond donors (Lipinski definition) is 1. The second-order valence-electron chi connectivity index (χ2n) is 6.06. The lowest BCUT2D eigenvalue weighted by atomic mass is 10.2. The zero-order valence-electron chi connectivity index (χ0n) is 14.8. The molecule has 0 unspecified atom stereocenters. The normalized spacial score (nSPS) is 10.7. The molecule has 0 saturated carbocycles. The Labute approximate surface area is 157 Å². The van der Waals surface area contributed by atoms with E-state index in [0.717, 1.165) is 22.0 Å². The van der Waals surface area contributed by atoms with Crippen molar-refractivity contribution in [1.82, 2.24) is 15.3 Å². The van der Waals surface area contributed by atoms with Gasteiger partial charge in [0.05, 0.1) is 6.10 Å². The summed E-state index contributed by atoms with van der Waals surface area (Å²) in [6.07, 6.45) is 2.59. The van der Waals surface area contributed by atoms with Gasteiger partial charge in [0.1, 0.15) is 16.5 Å². The Bertz CT molecular complexity index is 845. The highest BCUT2D eigenvalue weighted by atomic mass is 32.1. The topological polar surface area (TPSA) is 64.1 Å². The first-order valence-electron chi connectivity index (χ1n) is 8.52. The third-order valence-corrected chi connectivity index (χ3v) is 4.49. The molecule has 26 heavy (non-hydrogen) atoms. The number of carbonyl (C=O) groups excluding carboxylic acids is 1. The molecule has 6 heteroatoms. The molecule has 1 aromatic carbocycles. The molecule has 0 bridgehead atoms. The van der Waals surface area contributed by atoms with Gasteiger partial charge in [0.25, 0.3) is 5.91 Å². The van der Waals surface area contributed by atoms with Crippen LogP contribution in [0.25, 0.3) is 10.6 Å². The van der Waals surface area contributed by atoms with E-state index in [0.29, 0.717) is 18.7 Å². The summed E-state index contributed by atoms with van der Waals surface area (Å²) in [5, 5.41) is 5.49. The maximum absolute atomic E-state index is 12.2. The van der Waals surface area contributed by atoms with E-state index in [9.17, 15) is 4.79 Å². The smallest absolute Gasteiger partial charge is 0.270 e. The summed E-state index contributed by atoms with van der Waals surface area (Å²) >= 11 is 1.46. The Hall–Kier alpha value is -2.73. The van der Waals surface area contributed by atoms with E-state index in [2.05, 4.69) is 15.3 Å². The van der Waals surface area contributed by atoms with Crippen LogP contribution in [0, 0.1) is 0 Å². The fraction of sp³-hybridized carbons (Fsp3) is 0.250. The van der Waals surface area contributed by atoms with Crippen LogP contribution >= 0.6 is 11.3 Å². The van der Waals surface area contributed by atoms with Gasteiger partial charge < -0.3 is 10.1 Å². The minimum atomic E-state index is -0.164. The summed E-state index contributed by atoms with van der Waals surface area (Å²) < 4.78 is 5.64. The Morgan fingerprint density at radius 3 is 2.69 bits per heavy atom. The van der Waals surface area contributed by atoms with E-state index < -0.39 is 0 Å². The maximum Gasteiger partial charge on any atom is 0.270 e. The number of rotatable bonds is 7. The zero-order chi connectivity index (χ0) is 18.4. The van der Waals surface area contributed by atoms with E-state index in [1.807, 2.05) is 56.3 Å². The van der Waals surface area contributed by atoms with Gasteiger partial charge in [-0.1, -0.05) is 6.07 Å². The van der Waals surface area contributed by atoms with Crippen molar-refractivity contribution in [2.75, 3.05) is 6.54 Å². The Morgan fingerprint density at radius 1 is 1.19 bits per heavy atom. The summed E-state index contributed by atoms with van der Waals surface area (Å²) in [5.41, 5.74) is 2.36. The van der Waals surface area contributed by atoms with Crippen molar-refractivity contribution in [3.8, 4) is 16.3 Å². The van der Waals surface area contributed by atoms with Crippen molar-refractivity contribution in [3.63, 3.8) is 0 Å². The maximum atomic E-state index is 12.2. The lowest BCUT2D eigenvalue weighted by Gasteiger charge is -2.09. The monoisotopic (exact) mass is 367 g/mol. The molecule has 0 aliphatic carbocycles. The van der Waals surface area contributed by atoms with E-state index in [4.69, 9.17) is 4.74 Å². The molecule has 0 atom stereocenters. The largest absolute Gasteiger partial charge is 0.491 e. The van der Waals surface area contributed by atoms with Crippen LogP contribution < -0.4 is 10.1 Å². The molecule has 0 aliphatic rings. The lowest BCUT2D eigenvalue weighted by molar-refractivity contribution is 0.0950. The van der Waals surface area contributed by atoms with Crippen LogP contribution in [0.2, 0.25) is 0 Å². The molecule has 134 valence electrons. The molecule has 1 N–H and O–H groups in total. The molecule has 0 aliphatic heterocycles. The molecule has 2 heterocycles. The molecule has 1 amide bonds. The predicted octanol–water partition coefficient (Wildman–Crippen LogP) is 3.96. The molecular formula is C20H21N3O2S. The summed E-state index contributed by atoms with van der Waals surface area (Å²) in [4.78, 5) is 20.9. The Balaban J connectivity index is 1.57. The molecule has 3 aromatic rings. The standard InChI is InChI=1S/C20H21N3O2S/c1-14(2)25-17-8-6-15(7-9-17)20-23-18(13-26-20)19(24)22-12-10-16-5-3-4-11-21-16/h3-9,11,13-14H,10,12H2,1-2H3,(H,22,24). The predicted molar refractivity (Wildman–Crippen MR) is 104 cm³/mol. The minimum Gasteiger partial charge on any atom is -0.491 e. The molecule has 2 aromatic heterocycles. The zero-order valence-corrected chi connectivity index (χ0v) is 15.6. The van der Waals surface area contributed by atoms with Gasteiger partial charge in [-0.2, -0.15) is 0 Å². The number of benzene rings is 1. The van der Waals surface area contributed by atoms with Crippen molar-refractivity contribution >= 4 is 17.2 Å². The van der Waals surface area contributed by atoms with Gasteiger partial charge in [0.2, 0.25) is 0 Å². The van der Waals surface area contributed by atoms with Crippen LogP contribution in [0.5, 0.6) is 5.75 Å². The third-order valence-electron chi connectivity index (χ3n) is 3.60. The SMILES string of the molecule is CC(C)Oc1ccc(-c2nc(C(=O)NCCc3ccccn3)cs2)cc1. The molecule has 0 fully saturated rings. The van der Waals surface area contributed by atoms with Crippen LogP contribution in [0.1, 0.15) is 30.0 Å². The number of nitrogens with zero attached hydrogens (tertiary/aromatic N) is 2. The number of ether oxygens (including phenoxy) is 1. The molecule has 0 spiro atoms.